The number of halogens is 1. The molecule has 3 nitrogen and oxygen atoms in total. The van der Waals surface area contributed by atoms with E-state index in [2.05, 4.69) is 10.3 Å². The molecule has 1 aromatic heterocycles. The average molecular weight is 240 g/mol. The summed E-state index contributed by atoms with van der Waals surface area (Å²) in [5.41, 5.74) is 7.11. The van der Waals surface area contributed by atoms with Gasteiger partial charge in [-0.05, 0) is 30.9 Å². The van der Waals surface area contributed by atoms with Crippen LogP contribution in [0.3, 0.4) is 0 Å². The molecule has 0 atom stereocenters. The number of nitrogens with two attached hydrogens (primary N) is 1. The number of hydrogen-bond acceptors (Lipinski definition) is 3. The molecule has 0 amide bonds. The summed E-state index contributed by atoms with van der Waals surface area (Å²) in [5, 5.41) is 4.07. The van der Waals surface area contributed by atoms with Crippen molar-refractivity contribution in [3.8, 4) is 0 Å². The molecule has 0 unspecified atom stereocenters. The molecule has 0 bridgehead atoms. The maximum atomic E-state index is 6.04. The molecule has 88 valence electrons. The lowest BCUT2D eigenvalue weighted by atomic mass is 9.86. The van der Waals surface area contributed by atoms with Crippen molar-refractivity contribution in [3.63, 3.8) is 0 Å². The van der Waals surface area contributed by atoms with Crippen LogP contribution in [0.5, 0.6) is 0 Å². The van der Waals surface area contributed by atoms with E-state index < -0.39 is 0 Å². The molecule has 1 heterocycles. The van der Waals surface area contributed by atoms with Gasteiger partial charge < -0.3 is 11.1 Å². The van der Waals surface area contributed by atoms with Crippen molar-refractivity contribution in [1.82, 2.24) is 4.98 Å². The monoisotopic (exact) mass is 239 g/mol. The molecule has 0 aromatic carbocycles. The van der Waals surface area contributed by atoms with E-state index in [9.17, 15) is 0 Å². The Kier molecular flexibility index (Phi) is 3.66. The fourth-order valence-electron chi connectivity index (χ4n) is 2.38. The standard InChI is InChI=1S/C12H18ClN3/c13-10-7-15-6-3-11(10)16-9-12(8-14)4-1-2-5-12/h3,6-7H,1-2,4-5,8-9,14H2,(H,15,16). The minimum atomic E-state index is 0.270. The summed E-state index contributed by atoms with van der Waals surface area (Å²) in [5.74, 6) is 0. The molecule has 0 spiro atoms. The highest BCUT2D eigenvalue weighted by molar-refractivity contribution is 6.33. The highest BCUT2D eigenvalue weighted by Crippen LogP contribution is 2.37. The Bertz CT molecular complexity index is 348. The first-order valence-corrected chi connectivity index (χ1v) is 6.17. The van der Waals surface area contributed by atoms with Gasteiger partial charge in [0.25, 0.3) is 0 Å². The summed E-state index contributed by atoms with van der Waals surface area (Å²) in [6.45, 7) is 1.66. The van der Waals surface area contributed by atoms with E-state index in [1.807, 2.05) is 6.07 Å². The predicted molar refractivity (Wildman–Crippen MR) is 67.7 cm³/mol. The van der Waals surface area contributed by atoms with Crippen molar-refractivity contribution in [2.24, 2.45) is 11.1 Å². The predicted octanol–water partition coefficient (Wildman–Crippen LogP) is 2.67. The fourth-order valence-corrected chi connectivity index (χ4v) is 2.57. The molecule has 1 saturated carbocycles. The van der Waals surface area contributed by atoms with Crippen LogP contribution in [0.15, 0.2) is 18.5 Å². The van der Waals surface area contributed by atoms with Crippen molar-refractivity contribution < 1.29 is 0 Å². The van der Waals surface area contributed by atoms with Crippen molar-refractivity contribution in [3.05, 3.63) is 23.5 Å². The van der Waals surface area contributed by atoms with Crippen LogP contribution in [0.25, 0.3) is 0 Å². The molecular formula is C12H18ClN3. The minimum absolute atomic E-state index is 0.270. The zero-order valence-electron chi connectivity index (χ0n) is 9.38. The maximum absolute atomic E-state index is 6.04. The highest BCUT2D eigenvalue weighted by atomic mass is 35.5. The lowest BCUT2D eigenvalue weighted by Crippen LogP contribution is -2.34. The van der Waals surface area contributed by atoms with Crippen LogP contribution >= 0.6 is 11.6 Å². The Hall–Kier alpha value is -0.800. The van der Waals surface area contributed by atoms with Gasteiger partial charge in [0.1, 0.15) is 0 Å². The molecule has 0 radical (unpaired) electrons. The molecular weight excluding hydrogens is 222 g/mol. The number of anilines is 1. The Morgan fingerprint density at radius 2 is 2.19 bits per heavy atom. The minimum Gasteiger partial charge on any atom is -0.383 e. The van der Waals surface area contributed by atoms with E-state index >= 15 is 0 Å². The molecule has 1 aliphatic rings. The third kappa shape index (κ3) is 2.47. The van der Waals surface area contributed by atoms with Crippen LogP contribution in [0.1, 0.15) is 25.7 Å². The normalized spacial score (nSPS) is 18.6. The van der Waals surface area contributed by atoms with Gasteiger partial charge in [-0.25, -0.2) is 0 Å². The molecule has 2 rings (SSSR count). The molecule has 1 fully saturated rings. The van der Waals surface area contributed by atoms with Crippen molar-refractivity contribution in [2.75, 3.05) is 18.4 Å². The second kappa shape index (κ2) is 5.02. The Labute approximate surface area is 101 Å². The molecule has 0 aliphatic heterocycles. The van der Waals surface area contributed by atoms with E-state index in [0.717, 1.165) is 18.8 Å². The third-order valence-electron chi connectivity index (χ3n) is 3.52. The van der Waals surface area contributed by atoms with Crippen molar-refractivity contribution in [1.29, 1.82) is 0 Å². The third-order valence-corrected chi connectivity index (χ3v) is 3.82. The number of aromatic nitrogens is 1. The van der Waals surface area contributed by atoms with Gasteiger partial charge in [0.15, 0.2) is 0 Å². The van der Waals surface area contributed by atoms with Gasteiger partial charge in [-0.1, -0.05) is 24.4 Å². The van der Waals surface area contributed by atoms with E-state index in [1.165, 1.54) is 25.7 Å². The molecule has 1 aliphatic carbocycles. The summed E-state index contributed by atoms with van der Waals surface area (Å²) in [7, 11) is 0. The number of nitrogens with one attached hydrogen (secondary N) is 1. The summed E-state index contributed by atoms with van der Waals surface area (Å²) in [4.78, 5) is 3.97. The van der Waals surface area contributed by atoms with E-state index in [0.29, 0.717) is 5.02 Å². The summed E-state index contributed by atoms with van der Waals surface area (Å²) < 4.78 is 0. The molecule has 3 N–H and O–H groups in total. The molecule has 4 heteroatoms. The molecule has 0 saturated heterocycles. The number of nitrogens with zero attached hydrogens (tertiary/aromatic N) is 1. The maximum Gasteiger partial charge on any atom is 0.0820 e. The number of hydrogen-bond donors (Lipinski definition) is 2. The summed E-state index contributed by atoms with van der Waals surface area (Å²) in [6, 6.07) is 1.90. The number of pyridine rings is 1. The van der Waals surface area contributed by atoms with Gasteiger partial charge in [0.05, 0.1) is 10.7 Å². The quantitative estimate of drug-likeness (QED) is 0.850. The largest absolute Gasteiger partial charge is 0.383 e. The van der Waals surface area contributed by atoms with Crippen LogP contribution in [-0.4, -0.2) is 18.1 Å². The smallest absolute Gasteiger partial charge is 0.0820 e. The second-order valence-electron chi connectivity index (χ2n) is 4.62. The van der Waals surface area contributed by atoms with Crippen LogP contribution in [0.4, 0.5) is 5.69 Å². The number of rotatable bonds is 4. The van der Waals surface area contributed by atoms with Crippen molar-refractivity contribution >= 4 is 17.3 Å². The van der Waals surface area contributed by atoms with Crippen LogP contribution in [-0.2, 0) is 0 Å². The average Bonchev–Trinajstić information content (AvgIpc) is 2.78. The van der Waals surface area contributed by atoms with Gasteiger partial charge in [-0.3, -0.25) is 4.98 Å². The lowest BCUT2D eigenvalue weighted by molar-refractivity contribution is 0.332. The zero-order chi connectivity index (χ0) is 11.4. The van der Waals surface area contributed by atoms with Crippen molar-refractivity contribution in [2.45, 2.75) is 25.7 Å². The van der Waals surface area contributed by atoms with Crippen LogP contribution in [0.2, 0.25) is 5.02 Å². The topological polar surface area (TPSA) is 50.9 Å². The van der Waals surface area contributed by atoms with Crippen LogP contribution < -0.4 is 11.1 Å². The Morgan fingerprint density at radius 1 is 1.44 bits per heavy atom. The summed E-state index contributed by atoms with van der Waals surface area (Å²) in [6.07, 6.45) is 8.44. The first-order chi connectivity index (χ1) is 7.76. The highest BCUT2D eigenvalue weighted by Gasteiger charge is 2.32. The molecule has 16 heavy (non-hydrogen) atoms. The SMILES string of the molecule is NCC1(CNc2ccncc2Cl)CCCC1. The van der Waals surface area contributed by atoms with Crippen LogP contribution in [0, 0.1) is 5.41 Å². The fraction of sp³-hybridized carbons (Fsp3) is 0.583. The second-order valence-corrected chi connectivity index (χ2v) is 5.03. The van der Waals surface area contributed by atoms with Gasteiger partial charge in [-0.2, -0.15) is 0 Å². The van der Waals surface area contributed by atoms with Gasteiger partial charge in [0.2, 0.25) is 0 Å². The lowest BCUT2D eigenvalue weighted by Gasteiger charge is -2.28. The first-order valence-electron chi connectivity index (χ1n) is 5.79. The Morgan fingerprint density at radius 3 is 2.81 bits per heavy atom. The van der Waals surface area contributed by atoms with E-state index in [1.54, 1.807) is 12.4 Å². The van der Waals surface area contributed by atoms with Gasteiger partial charge in [-0.15, -0.1) is 0 Å². The van der Waals surface area contributed by atoms with Gasteiger partial charge in [0, 0.05) is 18.9 Å². The molecule has 1 aromatic rings. The van der Waals surface area contributed by atoms with E-state index in [-0.39, 0.29) is 5.41 Å². The van der Waals surface area contributed by atoms with Gasteiger partial charge >= 0.3 is 0 Å². The summed E-state index contributed by atoms with van der Waals surface area (Å²) >= 11 is 6.04. The Balaban J connectivity index is 1.98. The van der Waals surface area contributed by atoms with E-state index in [4.69, 9.17) is 17.3 Å². The first kappa shape index (κ1) is 11.7. The zero-order valence-corrected chi connectivity index (χ0v) is 10.1.